The molecule has 0 unspecified atom stereocenters. The Hall–Kier alpha value is -7.59. The highest BCUT2D eigenvalue weighted by Gasteiger charge is 2.51. The van der Waals surface area contributed by atoms with Crippen molar-refractivity contribution in [2.24, 2.45) is 0 Å². The van der Waals surface area contributed by atoms with Gasteiger partial charge in [0.15, 0.2) is 0 Å². The van der Waals surface area contributed by atoms with E-state index in [0.717, 1.165) is 0 Å². The smallest absolute Gasteiger partial charge is 0.0725 e. The average molecular weight is 805 g/mol. The molecule has 1 aromatic heterocycles. The number of benzene rings is 10. The second-order valence-electron chi connectivity index (χ2n) is 16.8. The number of hydrogen-bond acceptors (Lipinski definition) is 2. The van der Waals surface area contributed by atoms with Gasteiger partial charge >= 0.3 is 0 Å². The molecule has 11 aromatic rings. The van der Waals surface area contributed by atoms with Gasteiger partial charge in [-0.25, -0.2) is 0 Å². The SMILES string of the molecule is c1ccc2c(c1)Sc1cc(-c3ccc4c(c3)c3ccccc3n4-c3ccc4c(c3)-c3ccccc3C43c4ccccc4-c4ccccc43)ccc1N2c1ccc2ccccc2c1. The standard InChI is InChI=1S/C59H36N2S/c1-2-14-38-33-41(28-25-37(38)13-1)61-55-23-11-12-24-57(55)62-58-35-40(27-32-56(58)61)39-26-31-54-48(34-39)46-18-6-10-22-53(46)60(54)42-29-30-52-47(36-42)45-17-5-9-21-51(45)59(52)49-19-7-3-15-43(49)44-16-4-8-20-50(44)59/h1-36H. The number of fused-ring (bicyclic) bond motifs is 16. The van der Waals surface area contributed by atoms with E-state index in [4.69, 9.17) is 0 Å². The lowest BCUT2D eigenvalue weighted by Gasteiger charge is -2.33. The fourth-order valence-electron chi connectivity index (χ4n) is 11.2. The number of anilines is 3. The Kier molecular flexibility index (Phi) is 7.01. The topological polar surface area (TPSA) is 8.17 Å². The molecule has 62 heavy (non-hydrogen) atoms. The maximum absolute atomic E-state index is 2.47. The first-order valence-corrected chi connectivity index (χ1v) is 22.2. The zero-order valence-corrected chi connectivity index (χ0v) is 34.4. The summed E-state index contributed by atoms with van der Waals surface area (Å²) < 4.78 is 2.47. The molecule has 0 atom stereocenters. The summed E-state index contributed by atoms with van der Waals surface area (Å²) in [4.78, 5) is 4.93. The van der Waals surface area contributed by atoms with Crippen LogP contribution in [-0.4, -0.2) is 4.57 Å². The molecule has 1 spiro atoms. The molecule has 0 fully saturated rings. The van der Waals surface area contributed by atoms with Gasteiger partial charge in [0.05, 0.1) is 27.8 Å². The number of hydrogen-bond donors (Lipinski definition) is 0. The van der Waals surface area contributed by atoms with Crippen molar-refractivity contribution in [1.82, 2.24) is 4.57 Å². The molecular weight excluding hydrogens is 769 g/mol. The average Bonchev–Trinajstić information content (AvgIpc) is 3.94. The minimum Gasteiger partial charge on any atom is -0.309 e. The third-order valence-electron chi connectivity index (χ3n) is 13.8. The van der Waals surface area contributed by atoms with Gasteiger partial charge in [0, 0.05) is 31.9 Å². The summed E-state index contributed by atoms with van der Waals surface area (Å²) in [6.45, 7) is 0. The fraction of sp³-hybridized carbons (Fsp3) is 0.0169. The van der Waals surface area contributed by atoms with Crippen molar-refractivity contribution < 1.29 is 0 Å². The van der Waals surface area contributed by atoms with Crippen molar-refractivity contribution in [3.63, 3.8) is 0 Å². The first-order chi connectivity index (χ1) is 30.7. The molecule has 2 heterocycles. The van der Waals surface area contributed by atoms with Crippen molar-refractivity contribution in [1.29, 1.82) is 0 Å². The normalized spacial score (nSPS) is 13.8. The Morgan fingerprint density at radius 3 is 1.73 bits per heavy atom. The van der Waals surface area contributed by atoms with E-state index in [1.165, 1.54) is 121 Å². The van der Waals surface area contributed by atoms with Crippen LogP contribution in [0.25, 0.3) is 71.6 Å². The van der Waals surface area contributed by atoms with Gasteiger partial charge in [0.2, 0.25) is 0 Å². The lowest BCUT2D eigenvalue weighted by atomic mass is 9.70. The van der Waals surface area contributed by atoms with E-state index in [-0.39, 0.29) is 5.41 Å². The van der Waals surface area contributed by atoms with E-state index in [0.29, 0.717) is 0 Å². The van der Waals surface area contributed by atoms with Gasteiger partial charge in [-0.05, 0) is 133 Å². The molecule has 0 saturated heterocycles. The summed E-state index contributed by atoms with van der Waals surface area (Å²) in [5, 5.41) is 5.00. The summed E-state index contributed by atoms with van der Waals surface area (Å²) >= 11 is 1.86. The van der Waals surface area contributed by atoms with E-state index < -0.39 is 0 Å². The molecule has 2 nitrogen and oxygen atoms in total. The summed E-state index contributed by atoms with van der Waals surface area (Å²) in [6.07, 6.45) is 0. The summed E-state index contributed by atoms with van der Waals surface area (Å²) in [5.41, 5.74) is 20.0. The number of nitrogens with zero attached hydrogens (tertiary/aromatic N) is 2. The first kappa shape index (κ1) is 34.2. The Balaban J connectivity index is 0.910. The second-order valence-corrected chi connectivity index (χ2v) is 17.9. The van der Waals surface area contributed by atoms with E-state index in [1.54, 1.807) is 0 Å². The van der Waals surface area contributed by atoms with Crippen LogP contribution < -0.4 is 4.90 Å². The van der Waals surface area contributed by atoms with Gasteiger partial charge in [0.1, 0.15) is 0 Å². The largest absolute Gasteiger partial charge is 0.309 e. The van der Waals surface area contributed by atoms with Crippen molar-refractivity contribution in [2.75, 3.05) is 4.90 Å². The van der Waals surface area contributed by atoms with Crippen molar-refractivity contribution in [3.05, 3.63) is 241 Å². The van der Waals surface area contributed by atoms with Crippen molar-refractivity contribution in [2.45, 2.75) is 15.2 Å². The molecule has 14 rings (SSSR count). The molecule has 10 aromatic carbocycles. The molecule has 288 valence electrons. The van der Waals surface area contributed by atoms with Gasteiger partial charge in [-0.1, -0.05) is 163 Å². The van der Waals surface area contributed by atoms with Gasteiger partial charge in [-0.3, -0.25) is 0 Å². The zero-order valence-electron chi connectivity index (χ0n) is 33.6. The minimum absolute atomic E-state index is 0.352. The molecular formula is C59H36N2S. The first-order valence-electron chi connectivity index (χ1n) is 21.4. The maximum atomic E-state index is 2.47. The number of aromatic nitrogens is 1. The van der Waals surface area contributed by atoms with Crippen LogP contribution in [0.1, 0.15) is 22.3 Å². The lowest BCUT2D eigenvalue weighted by molar-refractivity contribution is 0.793. The summed E-state index contributed by atoms with van der Waals surface area (Å²) in [6, 6.07) is 81.5. The maximum Gasteiger partial charge on any atom is 0.0725 e. The fourth-order valence-corrected chi connectivity index (χ4v) is 12.3. The van der Waals surface area contributed by atoms with E-state index in [2.05, 4.69) is 228 Å². The highest BCUT2D eigenvalue weighted by atomic mass is 32.2. The highest BCUT2D eigenvalue weighted by molar-refractivity contribution is 7.99. The Labute approximate surface area is 364 Å². The monoisotopic (exact) mass is 804 g/mol. The minimum atomic E-state index is -0.352. The highest BCUT2D eigenvalue weighted by Crippen LogP contribution is 2.63. The number of rotatable bonds is 3. The molecule has 3 aliphatic rings. The molecule has 0 N–H and O–H groups in total. The predicted octanol–water partition coefficient (Wildman–Crippen LogP) is 15.9. The van der Waals surface area contributed by atoms with Gasteiger partial charge in [-0.15, -0.1) is 0 Å². The Morgan fingerprint density at radius 1 is 0.339 bits per heavy atom. The van der Waals surface area contributed by atoms with Crippen LogP contribution in [0.4, 0.5) is 17.1 Å². The Bertz CT molecular complexity index is 3660. The quantitative estimate of drug-likeness (QED) is 0.176. The third-order valence-corrected chi connectivity index (χ3v) is 14.9. The van der Waals surface area contributed by atoms with Crippen LogP contribution in [0, 0.1) is 0 Å². The molecule has 3 heteroatoms. The molecule has 0 bridgehead atoms. The van der Waals surface area contributed by atoms with Crippen LogP contribution in [0.3, 0.4) is 0 Å². The molecule has 2 aliphatic carbocycles. The van der Waals surface area contributed by atoms with Crippen LogP contribution >= 0.6 is 11.8 Å². The molecule has 0 radical (unpaired) electrons. The van der Waals surface area contributed by atoms with Gasteiger partial charge in [0.25, 0.3) is 0 Å². The predicted molar refractivity (Wildman–Crippen MR) is 259 cm³/mol. The van der Waals surface area contributed by atoms with Crippen LogP contribution in [0.2, 0.25) is 0 Å². The summed E-state index contributed by atoms with van der Waals surface area (Å²) in [5.74, 6) is 0. The third kappa shape index (κ3) is 4.55. The van der Waals surface area contributed by atoms with Crippen LogP contribution in [-0.2, 0) is 5.41 Å². The van der Waals surface area contributed by atoms with E-state index >= 15 is 0 Å². The van der Waals surface area contributed by atoms with Gasteiger partial charge in [-0.2, -0.15) is 0 Å². The van der Waals surface area contributed by atoms with Crippen LogP contribution in [0.15, 0.2) is 228 Å². The number of para-hydroxylation sites is 2. The zero-order chi connectivity index (χ0) is 40.5. The summed E-state index contributed by atoms with van der Waals surface area (Å²) in [7, 11) is 0. The van der Waals surface area contributed by atoms with Gasteiger partial charge < -0.3 is 9.47 Å². The van der Waals surface area contributed by atoms with E-state index in [9.17, 15) is 0 Å². The Morgan fingerprint density at radius 2 is 0.919 bits per heavy atom. The molecule has 0 saturated carbocycles. The lowest BCUT2D eigenvalue weighted by Crippen LogP contribution is -2.25. The van der Waals surface area contributed by atoms with Crippen LogP contribution in [0.5, 0.6) is 0 Å². The molecule has 0 amide bonds. The molecule has 1 aliphatic heterocycles. The van der Waals surface area contributed by atoms with Crippen molar-refractivity contribution >= 4 is 61.4 Å². The van der Waals surface area contributed by atoms with E-state index in [1.807, 2.05) is 11.8 Å². The second kappa shape index (κ2) is 12.7. The van der Waals surface area contributed by atoms with Crippen molar-refractivity contribution in [3.8, 4) is 39.1 Å².